The Balaban J connectivity index is 0.834. The van der Waals surface area contributed by atoms with Crippen LogP contribution in [-0.4, -0.2) is 90.0 Å². The molecule has 3 aliphatic heterocycles. The number of amides is 3. The number of carbonyl (C=O) groups is 3. The Kier molecular flexibility index (Phi) is 24.7. The summed E-state index contributed by atoms with van der Waals surface area (Å²) in [5, 5.41) is 0. The smallest absolute Gasteiger partial charge is 0.337 e. The highest BCUT2D eigenvalue weighted by molar-refractivity contribution is 7.48. The van der Waals surface area contributed by atoms with E-state index in [4.69, 9.17) is 13.6 Å². The molecule has 0 N–H and O–H groups in total. The van der Waals surface area contributed by atoms with Gasteiger partial charge in [-0.1, -0.05) is 186 Å². The fourth-order valence-corrected chi connectivity index (χ4v) is 11.6. The lowest BCUT2D eigenvalue weighted by molar-refractivity contribution is -0.147. The summed E-state index contributed by atoms with van der Waals surface area (Å²) < 4.78 is 32.6. The van der Waals surface area contributed by atoms with E-state index in [0.29, 0.717) is 58.5 Å². The lowest BCUT2D eigenvalue weighted by atomic mass is 10.0. The van der Waals surface area contributed by atoms with Gasteiger partial charge < -0.3 is 14.7 Å². The molecule has 3 amide bonds. The molecule has 11 heteroatoms. The summed E-state index contributed by atoms with van der Waals surface area (Å²) in [5.41, 5.74) is 8.16. The zero-order valence-electron chi connectivity index (χ0n) is 44.1. The fourth-order valence-electron chi connectivity index (χ4n) is 9.95. The van der Waals surface area contributed by atoms with Gasteiger partial charge in [-0.3, -0.25) is 28.0 Å². The van der Waals surface area contributed by atoms with Crippen LogP contribution in [0, 0.1) is 20.8 Å². The van der Waals surface area contributed by atoms with Crippen molar-refractivity contribution in [3.63, 3.8) is 0 Å². The average Bonchev–Trinajstić information content (AvgIpc) is 3.32. The zero-order chi connectivity index (χ0) is 50.1. The van der Waals surface area contributed by atoms with Gasteiger partial charge in [0, 0.05) is 58.5 Å². The largest absolute Gasteiger partial charge is 0.475 e. The van der Waals surface area contributed by atoms with E-state index in [2.05, 4.69) is 93.6 Å². The maximum Gasteiger partial charge on any atom is 0.475 e. The molecule has 392 valence electrons. The molecule has 71 heavy (non-hydrogen) atoms. The van der Waals surface area contributed by atoms with Crippen LogP contribution in [0.1, 0.15) is 187 Å². The first-order valence-corrected chi connectivity index (χ1v) is 29.6. The summed E-state index contributed by atoms with van der Waals surface area (Å²) in [7, 11) is -4.05. The second-order valence-corrected chi connectivity index (χ2v) is 22.9. The predicted octanol–water partition coefficient (Wildman–Crippen LogP) is 13.8. The highest BCUT2D eigenvalue weighted by Crippen LogP contribution is 2.55. The van der Waals surface area contributed by atoms with Crippen molar-refractivity contribution in [2.45, 2.75) is 212 Å². The van der Waals surface area contributed by atoms with Crippen LogP contribution in [0.4, 0.5) is 0 Å². The average molecular weight is 996 g/mol. The SMILES string of the molecule is Cc1ccc(CCCCCCCCCC(=O)N2CC(OP(=O)(OC3CN(C(=O)CCCCCCCCCc4ccc(C)cc4)C3)OC3CN(C(=O)CCCCCCCCCc4ccc(C)cc4)C3)C2)cc1. The van der Waals surface area contributed by atoms with Gasteiger partial charge in [0.05, 0.1) is 0 Å². The van der Waals surface area contributed by atoms with Gasteiger partial charge >= 0.3 is 7.82 Å². The van der Waals surface area contributed by atoms with Gasteiger partial charge in [-0.05, 0) is 95.2 Å². The van der Waals surface area contributed by atoms with Gasteiger partial charge in [0.2, 0.25) is 17.7 Å². The molecule has 3 saturated heterocycles. The number of nitrogens with zero attached hydrogens (tertiary/aromatic N) is 3. The summed E-state index contributed by atoms with van der Waals surface area (Å²) in [6.45, 7) is 8.47. The summed E-state index contributed by atoms with van der Waals surface area (Å²) in [6, 6.07) is 26.5. The molecule has 0 unspecified atom stereocenters. The first kappa shape index (κ1) is 56.5. The lowest BCUT2D eigenvalue weighted by Gasteiger charge is -2.45. The molecule has 0 atom stereocenters. The maximum atomic E-state index is 14.3. The molecule has 0 aliphatic carbocycles. The highest BCUT2D eigenvalue weighted by atomic mass is 31.2. The molecule has 0 spiro atoms. The molecule has 3 aliphatic rings. The second-order valence-electron chi connectivity index (χ2n) is 21.4. The number of benzene rings is 3. The molecule has 3 aromatic carbocycles. The minimum absolute atomic E-state index is 0.101. The van der Waals surface area contributed by atoms with Crippen LogP contribution >= 0.6 is 7.82 Å². The van der Waals surface area contributed by atoms with Crippen LogP contribution in [0.15, 0.2) is 72.8 Å². The second kappa shape index (κ2) is 31.0. The zero-order valence-corrected chi connectivity index (χ0v) is 45.0. The maximum absolute atomic E-state index is 14.3. The van der Waals surface area contributed by atoms with Crippen LogP contribution in [0.2, 0.25) is 0 Å². The van der Waals surface area contributed by atoms with E-state index in [0.717, 1.165) is 77.0 Å². The number of likely N-dealkylation sites (tertiary alicyclic amines) is 3. The van der Waals surface area contributed by atoms with Gasteiger partial charge in [0.1, 0.15) is 18.3 Å². The molecule has 0 bridgehead atoms. The number of carbonyl (C=O) groups excluding carboxylic acids is 3. The number of rotatable bonds is 36. The molecular weight excluding hydrogens is 906 g/mol. The van der Waals surface area contributed by atoms with E-state index in [1.54, 1.807) is 14.7 Å². The molecule has 10 nitrogen and oxygen atoms in total. The van der Waals surface area contributed by atoms with Crippen LogP contribution in [0.3, 0.4) is 0 Å². The van der Waals surface area contributed by atoms with Gasteiger partial charge in [0.15, 0.2) is 0 Å². The van der Waals surface area contributed by atoms with Gasteiger partial charge in [-0.2, -0.15) is 0 Å². The van der Waals surface area contributed by atoms with Crippen LogP contribution in [0.5, 0.6) is 0 Å². The van der Waals surface area contributed by atoms with Gasteiger partial charge in [0.25, 0.3) is 0 Å². The summed E-state index contributed by atoms with van der Waals surface area (Å²) >= 11 is 0. The number of phosphoric acid groups is 1. The van der Waals surface area contributed by atoms with Crippen molar-refractivity contribution in [1.82, 2.24) is 14.7 Å². The topological polar surface area (TPSA) is 106 Å². The van der Waals surface area contributed by atoms with Crippen LogP contribution < -0.4 is 0 Å². The van der Waals surface area contributed by atoms with Gasteiger partial charge in [-0.15, -0.1) is 0 Å². The van der Waals surface area contributed by atoms with Crippen molar-refractivity contribution in [3.05, 3.63) is 106 Å². The molecule has 3 heterocycles. The number of hydrogen-bond donors (Lipinski definition) is 0. The Morgan fingerprint density at radius 1 is 0.366 bits per heavy atom. The van der Waals surface area contributed by atoms with Crippen molar-refractivity contribution in [2.75, 3.05) is 39.3 Å². The standard InChI is InChI=1S/C60H90N3O7P/c1-49-31-37-52(38-32-49)25-19-13-7-4-10-16-22-28-58(64)61-43-55(44-61)68-71(67,69-56-45-62(46-56)59(65)29-23-17-11-5-8-14-20-26-53-39-33-50(2)34-40-53)70-57-47-63(48-57)60(66)30-24-18-12-6-9-15-21-27-54-41-35-51(3)36-42-54/h31-42,55-57H,4-30,43-48H2,1-3H3. The van der Waals surface area contributed by atoms with E-state index in [1.807, 2.05) is 0 Å². The van der Waals surface area contributed by atoms with Crippen molar-refractivity contribution in [1.29, 1.82) is 0 Å². The third-order valence-electron chi connectivity index (χ3n) is 14.9. The Morgan fingerprint density at radius 3 is 0.817 bits per heavy atom. The van der Waals surface area contributed by atoms with E-state index in [9.17, 15) is 18.9 Å². The first-order valence-electron chi connectivity index (χ1n) is 28.2. The molecular formula is C60H90N3O7P. The quantitative estimate of drug-likeness (QED) is 0.0422. The van der Waals surface area contributed by atoms with Crippen molar-refractivity contribution >= 4 is 25.5 Å². The third kappa shape index (κ3) is 21.3. The fraction of sp³-hybridized carbons (Fsp3) is 0.650. The minimum Gasteiger partial charge on any atom is -0.337 e. The Hall–Kier alpha value is -3.82. The van der Waals surface area contributed by atoms with E-state index in [-0.39, 0.29) is 17.7 Å². The number of aryl methyl sites for hydroxylation is 6. The van der Waals surface area contributed by atoms with Gasteiger partial charge in [-0.25, -0.2) is 4.57 Å². The molecule has 6 rings (SSSR count). The number of unbranched alkanes of at least 4 members (excludes halogenated alkanes) is 18. The van der Waals surface area contributed by atoms with E-state index in [1.165, 1.54) is 110 Å². The molecule has 0 saturated carbocycles. The summed E-state index contributed by atoms with van der Waals surface area (Å²) in [6.07, 6.45) is 27.4. The molecule has 0 radical (unpaired) electrons. The summed E-state index contributed by atoms with van der Waals surface area (Å²) in [5.74, 6) is 0.302. The van der Waals surface area contributed by atoms with Crippen LogP contribution in [0.25, 0.3) is 0 Å². The van der Waals surface area contributed by atoms with E-state index >= 15 is 0 Å². The van der Waals surface area contributed by atoms with Crippen molar-refractivity contribution < 1.29 is 32.5 Å². The molecule has 0 aromatic heterocycles. The van der Waals surface area contributed by atoms with Crippen molar-refractivity contribution in [2.24, 2.45) is 0 Å². The van der Waals surface area contributed by atoms with Crippen LogP contribution in [-0.2, 0) is 51.8 Å². The number of phosphoric ester groups is 1. The van der Waals surface area contributed by atoms with Crippen molar-refractivity contribution in [3.8, 4) is 0 Å². The third-order valence-corrected chi connectivity index (χ3v) is 16.5. The molecule has 3 fully saturated rings. The monoisotopic (exact) mass is 996 g/mol. The predicted molar refractivity (Wildman–Crippen MR) is 287 cm³/mol. The highest BCUT2D eigenvalue weighted by Gasteiger charge is 2.46. The number of hydrogen-bond acceptors (Lipinski definition) is 7. The van der Waals surface area contributed by atoms with E-state index < -0.39 is 26.1 Å². The Labute approximate surface area is 429 Å². The Morgan fingerprint density at radius 2 is 0.577 bits per heavy atom. The molecule has 3 aromatic rings. The lowest BCUT2D eigenvalue weighted by Crippen LogP contribution is -2.57. The Bertz CT molecular complexity index is 1810. The minimum atomic E-state index is -4.05. The first-order chi connectivity index (χ1) is 34.5. The summed E-state index contributed by atoms with van der Waals surface area (Å²) in [4.78, 5) is 44.4. The normalized spacial score (nSPS) is 15.5.